The van der Waals surface area contributed by atoms with E-state index in [2.05, 4.69) is 15.1 Å². The van der Waals surface area contributed by atoms with E-state index in [1.54, 1.807) is 13.4 Å². The Hall–Kier alpha value is -3.47. The number of hydrazone groups is 1. The molecule has 0 bridgehead atoms. The number of rotatable bonds is 9. The molecule has 36 heavy (non-hydrogen) atoms. The number of nitrogens with zero attached hydrogens (tertiary/aromatic N) is 4. The second-order valence-corrected chi connectivity index (χ2v) is 9.06. The van der Waals surface area contributed by atoms with Crippen molar-refractivity contribution < 1.29 is 23.2 Å². The number of benzene rings is 1. The van der Waals surface area contributed by atoms with Crippen LogP contribution in [0.5, 0.6) is 0 Å². The Kier molecular flexibility index (Phi) is 7.45. The van der Waals surface area contributed by atoms with Crippen LogP contribution in [0.1, 0.15) is 24.0 Å². The van der Waals surface area contributed by atoms with Crippen molar-refractivity contribution in [2.45, 2.75) is 12.5 Å². The Morgan fingerprint density at radius 3 is 2.58 bits per heavy atom. The van der Waals surface area contributed by atoms with E-state index < -0.39 is 0 Å². The van der Waals surface area contributed by atoms with Crippen molar-refractivity contribution in [1.29, 1.82) is 0 Å². The summed E-state index contributed by atoms with van der Waals surface area (Å²) in [6, 6.07) is 13.2. The van der Waals surface area contributed by atoms with Crippen LogP contribution in [0.25, 0.3) is 11.0 Å². The number of amides is 2. The van der Waals surface area contributed by atoms with Gasteiger partial charge in [0, 0.05) is 51.6 Å². The SMILES string of the molecule is COCCNC(=O)CN1CCN(CC(=O)N2N=C(c3cc4ccccc4o3)C[C@H]2c2ccco2)CC1. The predicted molar refractivity (Wildman–Crippen MR) is 133 cm³/mol. The van der Waals surface area contributed by atoms with Crippen LogP contribution < -0.4 is 5.32 Å². The van der Waals surface area contributed by atoms with E-state index in [1.807, 2.05) is 42.5 Å². The monoisotopic (exact) mass is 493 g/mol. The lowest BCUT2D eigenvalue weighted by Crippen LogP contribution is -2.51. The van der Waals surface area contributed by atoms with Gasteiger partial charge in [0.15, 0.2) is 5.76 Å². The summed E-state index contributed by atoms with van der Waals surface area (Å²) in [6.45, 7) is 4.46. The van der Waals surface area contributed by atoms with E-state index in [0.717, 1.165) is 29.8 Å². The molecule has 1 saturated heterocycles. The van der Waals surface area contributed by atoms with Crippen LogP contribution in [0.15, 0.2) is 62.7 Å². The Labute approximate surface area is 209 Å². The van der Waals surface area contributed by atoms with Gasteiger partial charge in [-0.15, -0.1) is 0 Å². The zero-order chi connectivity index (χ0) is 24.9. The summed E-state index contributed by atoms with van der Waals surface area (Å²) >= 11 is 0. The number of methoxy groups -OCH3 is 1. The summed E-state index contributed by atoms with van der Waals surface area (Å²) in [4.78, 5) is 29.7. The molecule has 0 aliphatic carbocycles. The molecule has 1 aromatic carbocycles. The van der Waals surface area contributed by atoms with Gasteiger partial charge in [-0.25, -0.2) is 5.01 Å². The van der Waals surface area contributed by atoms with Crippen LogP contribution >= 0.6 is 0 Å². The van der Waals surface area contributed by atoms with Gasteiger partial charge >= 0.3 is 0 Å². The third kappa shape index (κ3) is 5.51. The number of hydrogen-bond donors (Lipinski definition) is 1. The number of fused-ring (bicyclic) bond motifs is 1. The number of hydrogen-bond acceptors (Lipinski definition) is 8. The molecule has 10 nitrogen and oxygen atoms in total. The predicted octanol–water partition coefficient (Wildman–Crippen LogP) is 2.08. The number of carbonyl (C=O) groups is 2. The lowest BCUT2D eigenvalue weighted by Gasteiger charge is -2.34. The molecule has 190 valence electrons. The number of piperazine rings is 1. The Morgan fingerprint density at radius 2 is 1.86 bits per heavy atom. The van der Waals surface area contributed by atoms with E-state index in [1.165, 1.54) is 5.01 Å². The number of nitrogens with one attached hydrogen (secondary N) is 1. The Bertz CT molecular complexity index is 1180. The third-order valence-electron chi connectivity index (χ3n) is 6.57. The largest absolute Gasteiger partial charge is 0.467 e. The van der Waals surface area contributed by atoms with Gasteiger partial charge in [-0.1, -0.05) is 18.2 Å². The first-order chi connectivity index (χ1) is 17.6. The van der Waals surface area contributed by atoms with Gasteiger partial charge in [0.25, 0.3) is 5.91 Å². The van der Waals surface area contributed by atoms with Crippen molar-refractivity contribution in [2.75, 3.05) is 59.5 Å². The fourth-order valence-corrected chi connectivity index (χ4v) is 4.64. The highest BCUT2D eigenvalue weighted by molar-refractivity contribution is 6.03. The van der Waals surface area contributed by atoms with E-state index >= 15 is 0 Å². The van der Waals surface area contributed by atoms with Gasteiger partial charge in [-0.2, -0.15) is 5.10 Å². The molecule has 1 N–H and O–H groups in total. The third-order valence-corrected chi connectivity index (χ3v) is 6.57. The molecule has 10 heteroatoms. The van der Waals surface area contributed by atoms with Crippen molar-refractivity contribution in [1.82, 2.24) is 20.1 Å². The van der Waals surface area contributed by atoms with Crippen LogP contribution in [-0.4, -0.2) is 91.9 Å². The molecule has 0 spiro atoms. The van der Waals surface area contributed by atoms with Crippen molar-refractivity contribution in [3.63, 3.8) is 0 Å². The van der Waals surface area contributed by atoms with Crippen molar-refractivity contribution in [3.8, 4) is 0 Å². The van der Waals surface area contributed by atoms with Crippen LogP contribution in [0.2, 0.25) is 0 Å². The van der Waals surface area contributed by atoms with Crippen LogP contribution in [0.3, 0.4) is 0 Å². The molecule has 0 saturated carbocycles. The lowest BCUT2D eigenvalue weighted by atomic mass is 10.1. The van der Waals surface area contributed by atoms with Gasteiger partial charge < -0.3 is 18.9 Å². The van der Waals surface area contributed by atoms with Gasteiger partial charge in [0.05, 0.1) is 26.0 Å². The average molecular weight is 494 g/mol. The van der Waals surface area contributed by atoms with Crippen LogP contribution in [-0.2, 0) is 14.3 Å². The summed E-state index contributed by atoms with van der Waals surface area (Å²) in [5, 5.41) is 10.1. The Morgan fingerprint density at radius 1 is 1.08 bits per heavy atom. The van der Waals surface area contributed by atoms with Gasteiger partial charge in [-0.3, -0.25) is 19.4 Å². The standard InChI is InChI=1S/C26H31N5O5/c1-34-14-8-27-25(32)17-29-9-11-30(12-10-29)18-26(33)31-21(23-7-4-13-35-23)16-20(28-31)24-15-19-5-2-3-6-22(19)36-24/h2-7,13,15,21H,8-12,14,16-18H2,1H3,(H,27,32)/t21-/m0/s1. The molecular formula is C26H31N5O5. The maximum absolute atomic E-state index is 13.4. The maximum atomic E-state index is 13.4. The minimum Gasteiger partial charge on any atom is -0.467 e. The quantitative estimate of drug-likeness (QED) is 0.455. The van der Waals surface area contributed by atoms with Crippen molar-refractivity contribution >= 4 is 28.5 Å². The summed E-state index contributed by atoms with van der Waals surface area (Å²) in [6.07, 6.45) is 2.13. The molecule has 0 unspecified atom stereocenters. The molecule has 1 atom stereocenters. The van der Waals surface area contributed by atoms with Crippen LogP contribution in [0, 0.1) is 0 Å². The fourth-order valence-electron chi connectivity index (χ4n) is 4.64. The highest BCUT2D eigenvalue weighted by Gasteiger charge is 2.36. The topological polar surface area (TPSA) is 104 Å². The van der Waals surface area contributed by atoms with Gasteiger partial charge in [-0.05, 0) is 24.3 Å². The van der Waals surface area contributed by atoms with Gasteiger partial charge in [0.2, 0.25) is 5.91 Å². The molecule has 2 amide bonds. The number of furan rings is 2. The smallest absolute Gasteiger partial charge is 0.257 e. The molecule has 1 fully saturated rings. The summed E-state index contributed by atoms with van der Waals surface area (Å²) in [5.41, 5.74) is 1.52. The number of carbonyl (C=O) groups excluding carboxylic acids is 2. The highest BCUT2D eigenvalue weighted by Crippen LogP contribution is 2.34. The molecule has 4 heterocycles. The molecule has 2 aliphatic rings. The second-order valence-electron chi connectivity index (χ2n) is 9.06. The zero-order valence-electron chi connectivity index (χ0n) is 20.4. The molecule has 3 aromatic rings. The van der Waals surface area contributed by atoms with Crippen molar-refractivity contribution in [2.24, 2.45) is 5.10 Å². The van der Waals surface area contributed by atoms with E-state index in [0.29, 0.717) is 50.7 Å². The summed E-state index contributed by atoms with van der Waals surface area (Å²) in [7, 11) is 1.61. The lowest BCUT2D eigenvalue weighted by molar-refractivity contribution is -0.135. The maximum Gasteiger partial charge on any atom is 0.257 e. The van der Waals surface area contributed by atoms with Gasteiger partial charge in [0.1, 0.15) is 23.1 Å². The van der Waals surface area contributed by atoms with E-state index in [4.69, 9.17) is 18.7 Å². The molecule has 0 radical (unpaired) electrons. The molecule has 2 aromatic heterocycles. The summed E-state index contributed by atoms with van der Waals surface area (Å²) < 4.78 is 16.6. The second kappa shape index (κ2) is 11.1. The molecular weight excluding hydrogens is 462 g/mol. The number of para-hydroxylation sites is 1. The average Bonchev–Trinajstić information content (AvgIpc) is 3.64. The normalized spacial score (nSPS) is 19.1. The number of ether oxygens (including phenoxy) is 1. The first-order valence-corrected chi connectivity index (χ1v) is 12.2. The van der Waals surface area contributed by atoms with E-state index in [-0.39, 0.29) is 24.4 Å². The first kappa shape index (κ1) is 24.2. The minimum atomic E-state index is -0.312. The fraction of sp³-hybridized carbons (Fsp3) is 0.423. The minimum absolute atomic E-state index is 0.0117. The first-order valence-electron chi connectivity index (χ1n) is 12.2. The zero-order valence-corrected chi connectivity index (χ0v) is 20.4. The molecule has 2 aliphatic heterocycles. The van der Waals surface area contributed by atoms with E-state index in [9.17, 15) is 9.59 Å². The van der Waals surface area contributed by atoms with Crippen LogP contribution in [0.4, 0.5) is 0 Å². The highest BCUT2D eigenvalue weighted by atomic mass is 16.5. The molecule has 5 rings (SSSR count). The van der Waals surface area contributed by atoms with Crippen molar-refractivity contribution in [3.05, 3.63) is 60.2 Å². The Balaban J connectivity index is 1.21. The summed E-state index contributed by atoms with van der Waals surface area (Å²) in [5.74, 6) is 1.26.